The third-order valence-corrected chi connectivity index (χ3v) is 6.32. The first-order chi connectivity index (χ1) is 16.9. The zero-order valence-electron chi connectivity index (χ0n) is 18.8. The molecular weight excluding hydrogens is 510 g/mol. The van der Waals surface area contributed by atoms with Crippen LogP contribution in [0.5, 0.6) is 0 Å². The van der Waals surface area contributed by atoms with Gasteiger partial charge in [-0.05, 0) is 29.8 Å². The van der Waals surface area contributed by atoms with E-state index in [2.05, 4.69) is 30.6 Å². The van der Waals surface area contributed by atoms with Crippen molar-refractivity contribution in [2.75, 3.05) is 0 Å². The smallest absolute Gasteiger partial charge is 0.282 e. The SMILES string of the molecule is CCc1nc2ccc(Br)cc2c(=O)n1N=Cc1cn(Cc2ccc([N+](=O)[O-])cc2)c2ccccc12. The zero-order valence-corrected chi connectivity index (χ0v) is 20.3. The zero-order chi connectivity index (χ0) is 24.5. The van der Waals surface area contributed by atoms with Gasteiger partial charge in [0.25, 0.3) is 11.2 Å². The maximum atomic E-state index is 13.2. The number of non-ortho nitro benzene ring substituents is 1. The molecule has 0 saturated heterocycles. The molecule has 0 saturated carbocycles. The Morgan fingerprint density at radius 2 is 1.86 bits per heavy atom. The number of benzene rings is 3. The molecule has 0 N–H and O–H groups in total. The van der Waals surface area contributed by atoms with Crippen molar-refractivity contribution in [1.82, 2.24) is 14.2 Å². The highest BCUT2D eigenvalue weighted by atomic mass is 79.9. The van der Waals surface area contributed by atoms with E-state index >= 15 is 0 Å². The second-order valence-electron chi connectivity index (χ2n) is 8.06. The molecule has 3 aromatic carbocycles. The molecule has 5 rings (SSSR count). The standard InChI is InChI=1S/C26H20BrN5O3/c1-2-25-29-23-12-9-19(27)13-22(23)26(33)31(25)28-14-18-16-30(24-6-4-3-5-21(18)24)15-17-7-10-20(11-8-17)32(34)35/h3-14,16H,2,15H2,1H3. The molecule has 0 aliphatic carbocycles. The third kappa shape index (κ3) is 4.38. The number of nitrogens with zero attached hydrogens (tertiary/aromatic N) is 5. The van der Waals surface area contributed by atoms with E-state index in [0.717, 1.165) is 26.5 Å². The van der Waals surface area contributed by atoms with Crippen LogP contribution < -0.4 is 5.56 Å². The van der Waals surface area contributed by atoms with Crippen molar-refractivity contribution in [1.29, 1.82) is 0 Å². The molecule has 0 amide bonds. The van der Waals surface area contributed by atoms with Gasteiger partial charge in [0.2, 0.25) is 0 Å². The van der Waals surface area contributed by atoms with Gasteiger partial charge in [-0.2, -0.15) is 9.78 Å². The van der Waals surface area contributed by atoms with Gasteiger partial charge in [0.1, 0.15) is 5.82 Å². The van der Waals surface area contributed by atoms with Gasteiger partial charge in [-0.1, -0.05) is 53.2 Å². The van der Waals surface area contributed by atoms with Crippen LogP contribution in [0.2, 0.25) is 0 Å². The van der Waals surface area contributed by atoms with Gasteiger partial charge in [-0.3, -0.25) is 14.9 Å². The van der Waals surface area contributed by atoms with Crippen molar-refractivity contribution < 1.29 is 4.92 Å². The van der Waals surface area contributed by atoms with Gasteiger partial charge in [-0.25, -0.2) is 4.98 Å². The molecule has 0 radical (unpaired) electrons. The summed E-state index contributed by atoms with van der Waals surface area (Å²) >= 11 is 3.42. The average molecular weight is 530 g/mol. The highest BCUT2D eigenvalue weighted by Crippen LogP contribution is 2.22. The number of rotatable bonds is 6. The Kier molecular flexibility index (Phi) is 6.00. The van der Waals surface area contributed by atoms with E-state index in [1.807, 2.05) is 49.5 Å². The first kappa shape index (κ1) is 22.7. The molecule has 2 heterocycles. The molecule has 0 aliphatic rings. The number of halogens is 1. The molecule has 0 spiro atoms. The summed E-state index contributed by atoms with van der Waals surface area (Å²) in [5.41, 5.74) is 3.27. The molecule has 8 nitrogen and oxygen atoms in total. The Balaban J connectivity index is 1.56. The van der Waals surface area contributed by atoms with Gasteiger partial charge in [0.15, 0.2) is 0 Å². The van der Waals surface area contributed by atoms with Crippen molar-refractivity contribution in [3.63, 3.8) is 0 Å². The van der Waals surface area contributed by atoms with Crippen LogP contribution in [0.25, 0.3) is 21.8 Å². The third-order valence-electron chi connectivity index (χ3n) is 5.82. The van der Waals surface area contributed by atoms with Crippen molar-refractivity contribution in [2.24, 2.45) is 5.10 Å². The Morgan fingerprint density at radius 3 is 2.60 bits per heavy atom. The Bertz CT molecular complexity index is 1670. The molecule has 2 aromatic heterocycles. The van der Waals surface area contributed by atoms with Gasteiger partial charge >= 0.3 is 0 Å². The van der Waals surface area contributed by atoms with Gasteiger partial charge in [0, 0.05) is 52.2 Å². The minimum Gasteiger partial charge on any atom is -0.342 e. The lowest BCUT2D eigenvalue weighted by atomic mass is 10.2. The maximum Gasteiger partial charge on any atom is 0.282 e. The number of aromatic nitrogens is 3. The lowest BCUT2D eigenvalue weighted by Gasteiger charge is -2.07. The predicted octanol–water partition coefficient (Wildman–Crippen LogP) is 5.51. The highest BCUT2D eigenvalue weighted by Gasteiger charge is 2.12. The fraction of sp³-hybridized carbons (Fsp3) is 0.115. The van der Waals surface area contributed by atoms with Crippen molar-refractivity contribution in [3.05, 3.63) is 115 Å². The molecule has 0 bridgehead atoms. The van der Waals surface area contributed by atoms with Crippen LogP contribution in [-0.4, -0.2) is 25.4 Å². The molecule has 174 valence electrons. The lowest BCUT2D eigenvalue weighted by Crippen LogP contribution is -2.22. The van der Waals surface area contributed by atoms with Crippen molar-refractivity contribution in [2.45, 2.75) is 19.9 Å². The second kappa shape index (κ2) is 9.27. The predicted molar refractivity (Wildman–Crippen MR) is 140 cm³/mol. The topological polar surface area (TPSA) is 95.3 Å². The van der Waals surface area contributed by atoms with Crippen LogP contribution in [0.1, 0.15) is 23.9 Å². The number of nitro benzene ring substituents is 1. The summed E-state index contributed by atoms with van der Waals surface area (Å²) in [5.74, 6) is 0.579. The molecule has 0 atom stereocenters. The molecular formula is C26H20BrN5O3. The average Bonchev–Trinajstić information content (AvgIpc) is 3.21. The maximum absolute atomic E-state index is 13.2. The molecule has 0 unspecified atom stereocenters. The van der Waals surface area contributed by atoms with Crippen LogP contribution in [0.15, 0.2) is 87.3 Å². The summed E-state index contributed by atoms with van der Waals surface area (Å²) in [6.45, 7) is 2.48. The Labute approximate surface area is 208 Å². The number of hydrogen-bond donors (Lipinski definition) is 0. The minimum atomic E-state index is -0.406. The summed E-state index contributed by atoms with van der Waals surface area (Å²) in [6.07, 6.45) is 4.21. The number of nitro groups is 1. The number of para-hydroxylation sites is 1. The Morgan fingerprint density at radius 1 is 1.09 bits per heavy atom. The van der Waals surface area contributed by atoms with Gasteiger partial charge in [-0.15, -0.1) is 0 Å². The number of aryl methyl sites for hydroxylation is 1. The summed E-state index contributed by atoms with van der Waals surface area (Å²) in [6, 6.07) is 19.9. The molecule has 9 heteroatoms. The van der Waals surface area contributed by atoms with Crippen molar-refractivity contribution >= 4 is 49.6 Å². The highest BCUT2D eigenvalue weighted by molar-refractivity contribution is 9.10. The van der Waals surface area contributed by atoms with E-state index in [9.17, 15) is 14.9 Å². The summed E-state index contributed by atoms with van der Waals surface area (Å²) in [4.78, 5) is 28.4. The van der Waals surface area contributed by atoms with Crippen molar-refractivity contribution in [3.8, 4) is 0 Å². The van der Waals surface area contributed by atoms with E-state index in [4.69, 9.17) is 0 Å². The van der Waals surface area contributed by atoms with E-state index in [0.29, 0.717) is 29.7 Å². The summed E-state index contributed by atoms with van der Waals surface area (Å²) in [7, 11) is 0. The van der Waals surface area contributed by atoms with E-state index in [-0.39, 0.29) is 11.2 Å². The number of hydrogen-bond acceptors (Lipinski definition) is 5. The molecule has 5 aromatic rings. The van der Waals surface area contributed by atoms with Gasteiger partial charge < -0.3 is 4.57 Å². The van der Waals surface area contributed by atoms with Crippen LogP contribution >= 0.6 is 15.9 Å². The minimum absolute atomic E-state index is 0.0622. The fourth-order valence-electron chi connectivity index (χ4n) is 4.09. The second-order valence-corrected chi connectivity index (χ2v) is 8.97. The molecule has 0 fully saturated rings. The monoisotopic (exact) mass is 529 g/mol. The summed E-state index contributed by atoms with van der Waals surface area (Å²) in [5, 5.41) is 17.0. The molecule has 0 aliphatic heterocycles. The van der Waals surface area contributed by atoms with Crippen LogP contribution in [0, 0.1) is 10.1 Å². The fourth-order valence-corrected chi connectivity index (χ4v) is 4.45. The first-order valence-electron chi connectivity index (χ1n) is 11.0. The Hall–Kier alpha value is -4.11. The molecule has 35 heavy (non-hydrogen) atoms. The summed E-state index contributed by atoms with van der Waals surface area (Å²) < 4.78 is 4.23. The van der Waals surface area contributed by atoms with E-state index in [1.165, 1.54) is 16.8 Å². The van der Waals surface area contributed by atoms with E-state index in [1.54, 1.807) is 24.4 Å². The van der Waals surface area contributed by atoms with Crippen LogP contribution in [-0.2, 0) is 13.0 Å². The quantitative estimate of drug-likeness (QED) is 0.164. The van der Waals surface area contributed by atoms with Crippen LogP contribution in [0.4, 0.5) is 5.69 Å². The lowest BCUT2D eigenvalue weighted by molar-refractivity contribution is -0.384. The van der Waals surface area contributed by atoms with Crippen LogP contribution in [0.3, 0.4) is 0 Å². The normalized spacial score (nSPS) is 11.6. The van der Waals surface area contributed by atoms with E-state index < -0.39 is 4.92 Å². The largest absolute Gasteiger partial charge is 0.342 e. The first-order valence-corrected chi connectivity index (χ1v) is 11.8. The number of fused-ring (bicyclic) bond motifs is 2. The van der Waals surface area contributed by atoms with Gasteiger partial charge in [0.05, 0.1) is 22.0 Å².